The van der Waals surface area contributed by atoms with Crippen LogP contribution in [0.25, 0.3) is 0 Å². The van der Waals surface area contributed by atoms with Crippen LogP contribution < -0.4 is 0 Å². The summed E-state index contributed by atoms with van der Waals surface area (Å²) in [4.78, 5) is 33.8. The van der Waals surface area contributed by atoms with E-state index in [1.54, 1.807) is 0 Å². The third-order valence-electron chi connectivity index (χ3n) is 17.2. The number of aliphatic hydroxyl groups is 1. The van der Waals surface area contributed by atoms with Crippen molar-refractivity contribution < 1.29 is 19.4 Å². The Bertz CT molecular complexity index is 1560. The molecule has 6 heterocycles. The Morgan fingerprint density at radius 1 is 0.429 bits per heavy atom. The van der Waals surface area contributed by atoms with Crippen molar-refractivity contribution in [3.63, 3.8) is 0 Å². The van der Waals surface area contributed by atoms with Gasteiger partial charge in [0.1, 0.15) is 0 Å². The highest BCUT2D eigenvalue weighted by Crippen LogP contribution is 2.20. The van der Waals surface area contributed by atoms with Gasteiger partial charge in [0, 0.05) is 124 Å². The minimum absolute atomic E-state index is 0.0930. The number of likely N-dealkylation sites (tertiary alicyclic amines) is 2. The molecule has 1 N–H and O–H groups in total. The van der Waals surface area contributed by atoms with Crippen LogP contribution in [0.2, 0.25) is 0 Å². The van der Waals surface area contributed by atoms with Gasteiger partial charge < -0.3 is 48.9 Å². The van der Waals surface area contributed by atoms with Gasteiger partial charge in [0.05, 0.1) is 38.5 Å². The molecule has 0 spiro atoms. The molecule has 15 nitrogen and oxygen atoms in total. The largest absolute Gasteiger partial charge is 0.465 e. The first kappa shape index (κ1) is 106. The zero-order valence-electron chi connectivity index (χ0n) is 68.8. The maximum absolute atomic E-state index is 11.3. The minimum Gasteiger partial charge on any atom is -0.465 e. The quantitative estimate of drug-likeness (QED) is 0.0432. The Kier molecular flexibility index (Phi) is 99.8. The van der Waals surface area contributed by atoms with Gasteiger partial charge in [0.15, 0.2) is 0 Å². The summed E-state index contributed by atoms with van der Waals surface area (Å²) < 4.78 is 10.2. The molecule has 15 heteroatoms. The lowest BCUT2D eigenvalue weighted by atomic mass is 9.94. The van der Waals surface area contributed by atoms with Crippen LogP contribution in [0.5, 0.6) is 0 Å². The van der Waals surface area contributed by atoms with Crippen molar-refractivity contribution in [2.45, 2.75) is 291 Å². The molecule has 98 heavy (non-hydrogen) atoms. The van der Waals surface area contributed by atoms with Crippen molar-refractivity contribution in [1.29, 1.82) is 10.5 Å². The topological polar surface area (TPSA) is 132 Å². The number of rotatable bonds is 29. The van der Waals surface area contributed by atoms with E-state index < -0.39 is 0 Å². The second kappa shape index (κ2) is 92.1. The Morgan fingerprint density at radius 3 is 1.05 bits per heavy atom. The summed E-state index contributed by atoms with van der Waals surface area (Å²) in [5.41, 5.74) is 0. The molecule has 0 bridgehead atoms. The predicted octanol–water partition coefficient (Wildman–Crippen LogP) is 17.0. The van der Waals surface area contributed by atoms with E-state index in [0.717, 1.165) is 96.9 Å². The van der Waals surface area contributed by atoms with Gasteiger partial charge in [-0.1, -0.05) is 168 Å². The van der Waals surface area contributed by atoms with Crippen LogP contribution in [0.1, 0.15) is 291 Å². The summed E-state index contributed by atoms with van der Waals surface area (Å²) in [6.07, 6.45) is 43.9. The number of carbonyl (C=O) groups excluding carboxylic acids is 1. The monoisotopic (exact) mass is 1390 g/mol. The van der Waals surface area contributed by atoms with Crippen LogP contribution in [0.4, 0.5) is 0 Å². The molecule has 6 saturated heterocycles. The highest BCUT2D eigenvalue weighted by molar-refractivity contribution is 5.71. The van der Waals surface area contributed by atoms with Crippen molar-refractivity contribution in [2.24, 2.45) is 5.92 Å². The molecule has 6 rings (SSSR count). The molecule has 0 aromatic carbocycles. The van der Waals surface area contributed by atoms with Gasteiger partial charge >= 0.3 is 5.97 Å². The number of nitriles is 2. The smallest absolute Gasteiger partial charge is 0.320 e. The molecule has 6 aliphatic heterocycles. The average Bonchev–Trinajstić information content (AvgIpc) is 1.82. The van der Waals surface area contributed by atoms with E-state index >= 15 is 0 Å². The Balaban J connectivity index is -0.000000244. The van der Waals surface area contributed by atoms with Crippen LogP contribution in [0, 0.1) is 53.3 Å². The lowest BCUT2D eigenvalue weighted by Crippen LogP contribution is -2.48. The number of nitrogens with zero attached hydrogens (tertiary/aromatic N) is 11. The molecule has 6 fully saturated rings. The van der Waals surface area contributed by atoms with Crippen molar-refractivity contribution in [2.75, 3.05) is 204 Å². The van der Waals surface area contributed by atoms with Crippen molar-refractivity contribution in [1.82, 2.24) is 44.1 Å². The number of aliphatic hydroxyl groups excluding tert-OH is 1. The van der Waals surface area contributed by atoms with Crippen molar-refractivity contribution >= 4 is 5.97 Å². The fraction of sp³-hybridized carbons (Fsp3) is 0.916. The maximum Gasteiger partial charge on any atom is 0.320 e. The van der Waals surface area contributed by atoms with E-state index in [1.165, 1.54) is 259 Å². The first-order valence-electron chi connectivity index (χ1n) is 41.2. The van der Waals surface area contributed by atoms with Gasteiger partial charge in [0.25, 0.3) is 0 Å². The number of piperidine rings is 2. The Morgan fingerprint density at radius 2 is 0.755 bits per heavy atom. The first-order valence-corrected chi connectivity index (χ1v) is 41.2. The van der Waals surface area contributed by atoms with Crippen LogP contribution in [0.3, 0.4) is 0 Å². The number of terminal acetylenes is 2. The van der Waals surface area contributed by atoms with Gasteiger partial charge in [-0.3, -0.25) is 14.6 Å². The zero-order valence-corrected chi connectivity index (χ0v) is 68.8. The fourth-order valence-corrected chi connectivity index (χ4v) is 10.7. The van der Waals surface area contributed by atoms with E-state index in [-0.39, 0.29) is 5.97 Å². The lowest BCUT2D eigenvalue weighted by molar-refractivity contribution is -0.144. The number of piperazine rings is 3. The van der Waals surface area contributed by atoms with E-state index in [9.17, 15) is 4.79 Å². The van der Waals surface area contributed by atoms with Crippen molar-refractivity contribution in [3.8, 4) is 36.8 Å². The van der Waals surface area contributed by atoms with Gasteiger partial charge in [-0.2, -0.15) is 10.5 Å². The van der Waals surface area contributed by atoms with E-state index in [2.05, 4.69) is 145 Å². The number of ether oxygens (including phenoxy) is 2. The van der Waals surface area contributed by atoms with Gasteiger partial charge in [-0.15, -0.1) is 24.7 Å². The van der Waals surface area contributed by atoms with Gasteiger partial charge in [0.2, 0.25) is 0 Å². The van der Waals surface area contributed by atoms with Gasteiger partial charge in [-0.05, 0) is 182 Å². The minimum atomic E-state index is -0.0930. The number of carbonyl (C=O) groups is 1. The van der Waals surface area contributed by atoms with Crippen LogP contribution in [0.15, 0.2) is 0 Å². The predicted molar refractivity (Wildman–Crippen MR) is 430 cm³/mol. The number of unbranched alkanes of at least 4 members (excludes halogenated alkanes) is 10. The third-order valence-corrected chi connectivity index (χ3v) is 17.2. The zero-order chi connectivity index (χ0) is 74.6. The summed E-state index contributed by atoms with van der Waals surface area (Å²) in [5, 5.41) is 24.4. The van der Waals surface area contributed by atoms with Gasteiger partial charge in [-0.25, -0.2) is 0 Å². The molecule has 0 unspecified atom stereocenters. The third kappa shape index (κ3) is 82.1. The van der Waals surface area contributed by atoms with E-state index in [4.69, 9.17) is 38.0 Å². The molecule has 0 atom stereocenters. The molecule has 0 aromatic rings. The standard InChI is InChI=1S/C12H24N2O2.C11H24N2.C11H23NO.C9H20N2.C9H19N.C8H17NO.C6H10.C5H9N.C4H6.C3H5N.C3H8.C2H6/c1-3-5-6-13-7-9-14(10-8-13)11-12(15)16-4-2;1-3-5-7-13-10-8-12(6-4-2)9-11-13;1-2-3-7-12-8-4-11(5-9-12)6-10-13;1-3-4-5-11-8-6-10(2)7-9-11;1-2-3-7-10-8-5-4-6-9-10;1-2-3-4-9-5-7-10-8-6-9;1-3-5-6-4-2;1-2-3-4-5-6;1-3-4-2;1-2-3-4;1-3-2;1-2/h3-11H2,1-2H3;3-11H2,1-2H3;11,13H,2-10H2,1H3;3-9H2,1-2H3;2-9H2,1H3;2-8H2,1H3;1H,4-6H2,2H3;2-4H2,1H3;1H,4H2,2H3;2H2,1H3;3H2,1-2H3;1-2H3. The molecule has 582 valence electrons. The highest BCUT2D eigenvalue weighted by Gasteiger charge is 2.20. The Hall–Kier alpha value is -2.87. The molecule has 0 aromatic heterocycles. The number of likely N-dealkylation sites (N-methyl/N-ethyl adjacent to an activating group) is 1. The average molecular weight is 1390 g/mol. The first-order chi connectivity index (χ1) is 47.7. The lowest BCUT2D eigenvalue weighted by Gasteiger charge is -2.34. The summed E-state index contributed by atoms with van der Waals surface area (Å²) in [5.74, 6) is 5.70. The molecule has 0 aliphatic carbocycles. The Labute approximate surface area is 613 Å². The molecule has 0 amide bonds. The maximum atomic E-state index is 11.3. The molecular weight excluding hydrogens is 1210 g/mol. The summed E-state index contributed by atoms with van der Waals surface area (Å²) in [6.45, 7) is 67.9. The number of hydrogen-bond donors (Lipinski definition) is 1. The number of hydrogen-bond acceptors (Lipinski definition) is 15. The van der Waals surface area contributed by atoms with Crippen LogP contribution in [-0.4, -0.2) is 259 Å². The summed E-state index contributed by atoms with van der Waals surface area (Å²) in [7, 11) is 2.21. The van der Waals surface area contributed by atoms with Crippen molar-refractivity contribution in [3.05, 3.63) is 0 Å². The van der Waals surface area contributed by atoms with E-state index in [0.29, 0.717) is 26.2 Å². The number of esters is 1. The summed E-state index contributed by atoms with van der Waals surface area (Å²) >= 11 is 0. The SMILES string of the molecule is C#CCC.C#CCCCC.CC.CCC.CCC#N.CCCCC#N.CCCCN1CCC(CCO)CC1.CCCCN1CCCCC1.CCCCN1CCN(C)CC1.CCCCN1CCN(CC(=O)OCC)CC1.CCCCN1CCN(CCC)CC1.CCCCN1CCOCC1. The normalized spacial score (nSPS) is 17.0. The molecule has 0 radical (unpaired) electrons. The summed E-state index contributed by atoms with van der Waals surface area (Å²) in [6, 6.07) is 4.00. The molecule has 6 aliphatic rings. The van der Waals surface area contributed by atoms with Crippen LogP contribution >= 0.6 is 0 Å². The van der Waals surface area contributed by atoms with Crippen LogP contribution in [-0.2, 0) is 14.3 Å². The van der Waals surface area contributed by atoms with E-state index in [1.807, 2.05) is 40.7 Å². The highest BCUT2D eigenvalue weighted by atomic mass is 16.5. The number of morpholine rings is 1. The second-order valence-corrected chi connectivity index (χ2v) is 26.4. The second-order valence-electron chi connectivity index (χ2n) is 26.4. The molecular formula is C83H171N11O4. The molecule has 0 saturated carbocycles. The fourth-order valence-electron chi connectivity index (χ4n) is 10.7.